The van der Waals surface area contributed by atoms with Crippen LogP contribution in [0.1, 0.15) is 18.2 Å². The minimum absolute atomic E-state index is 0.432. The second-order valence-electron chi connectivity index (χ2n) is 3.47. The third-order valence-electron chi connectivity index (χ3n) is 2.35. The fourth-order valence-corrected chi connectivity index (χ4v) is 1.41. The van der Waals surface area contributed by atoms with E-state index >= 15 is 0 Å². The van der Waals surface area contributed by atoms with E-state index in [2.05, 4.69) is 5.10 Å². The van der Waals surface area contributed by atoms with Crippen molar-refractivity contribution in [2.45, 2.75) is 19.4 Å². The van der Waals surface area contributed by atoms with Crippen LogP contribution >= 0.6 is 0 Å². The first-order valence-corrected chi connectivity index (χ1v) is 4.29. The number of aryl methyl sites for hydroxylation is 2. The maximum atomic E-state index is 5.65. The van der Waals surface area contributed by atoms with Crippen LogP contribution in [0.3, 0.4) is 0 Å². The van der Waals surface area contributed by atoms with Gasteiger partial charge in [0.2, 0.25) is 0 Å². The SMILES string of the molecule is COC(C)(CN)c1nn(C)cc1C. The highest BCUT2D eigenvalue weighted by Crippen LogP contribution is 2.24. The Hall–Kier alpha value is -0.870. The molecule has 0 saturated carbocycles. The number of ether oxygens (including phenoxy) is 1. The van der Waals surface area contributed by atoms with Crippen molar-refractivity contribution in [3.63, 3.8) is 0 Å². The maximum absolute atomic E-state index is 5.65. The molecule has 4 nitrogen and oxygen atoms in total. The zero-order valence-corrected chi connectivity index (χ0v) is 8.66. The predicted molar refractivity (Wildman–Crippen MR) is 51.4 cm³/mol. The minimum atomic E-state index is -0.467. The largest absolute Gasteiger partial charge is 0.371 e. The van der Waals surface area contributed by atoms with Crippen molar-refractivity contribution in [2.24, 2.45) is 12.8 Å². The van der Waals surface area contributed by atoms with Crippen molar-refractivity contribution in [1.29, 1.82) is 0 Å². The average Bonchev–Trinajstić information content (AvgIpc) is 2.44. The lowest BCUT2D eigenvalue weighted by Gasteiger charge is -2.24. The topological polar surface area (TPSA) is 53.1 Å². The van der Waals surface area contributed by atoms with Crippen LogP contribution in [-0.2, 0) is 17.4 Å². The summed E-state index contributed by atoms with van der Waals surface area (Å²) in [7, 11) is 3.55. The summed E-state index contributed by atoms with van der Waals surface area (Å²) in [5.41, 5.74) is 7.21. The molecule has 1 aromatic heterocycles. The first kappa shape index (κ1) is 10.2. The highest BCUT2D eigenvalue weighted by molar-refractivity contribution is 5.21. The predicted octanol–water partition coefficient (Wildman–Crippen LogP) is 0.549. The number of nitrogens with two attached hydrogens (primary N) is 1. The van der Waals surface area contributed by atoms with E-state index in [1.165, 1.54) is 0 Å². The summed E-state index contributed by atoms with van der Waals surface area (Å²) in [5.74, 6) is 0. The Labute approximate surface area is 78.7 Å². The van der Waals surface area contributed by atoms with Gasteiger partial charge in [-0.05, 0) is 19.4 Å². The van der Waals surface area contributed by atoms with Crippen molar-refractivity contribution in [3.05, 3.63) is 17.5 Å². The molecule has 0 saturated heterocycles. The Bertz CT molecular complexity index is 289. The lowest BCUT2D eigenvalue weighted by molar-refractivity contribution is 0.00549. The van der Waals surface area contributed by atoms with E-state index in [9.17, 15) is 0 Å². The molecular formula is C9H17N3O. The van der Waals surface area contributed by atoms with Gasteiger partial charge in [0, 0.05) is 26.9 Å². The molecule has 1 aromatic rings. The summed E-state index contributed by atoms with van der Waals surface area (Å²) < 4.78 is 7.14. The second kappa shape index (κ2) is 3.47. The highest BCUT2D eigenvalue weighted by Gasteiger charge is 2.29. The summed E-state index contributed by atoms with van der Waals surface area (Å²) in [6.07, 6.45) is 1.96. The van der Waals surface area contributed by atoms with E-state index in [1.807, 2.05) is 27.1 Å². The van der Waals surface area contributed by atoms with Crippen LogP contribution < -0.4 is 5.73 Å². The molecule has 0 aliphatic heterocycles. The normalized spacial score (nSPS) is 15.8. The quantitative estimate of drug-likeness (QED) is 0.744. The fraction of sp³-hybridized carbons (Fsp3) is 0.667. The van der Waals surface area contributed by atoms with Crippen LogP contribution in [-0.4, -0.2) is 23.4 Å². The molecule has 0 aromatic carbocycles. The van der Waals surface area contributed by atoms with Gasteiger partial charge in [0.25, 0.3) is 0 Å². The molecule has 4 heteroatoms. The molecule has 0 amide bonds. The van der Waals surface area contributed by atoms with Gasteiger partial charge >= 0.3 is 0 Å². The van der Waals surface area contributed by atoms with Crippen LogP contribution in [0, 0.1) is 6.92 Å². The van der Waals surface area contributed by atoms with Crippen LogP contribution in [0.2, 0.25) is 0 Å². The number of hydrogen-bond acceptors (Lipinski definition) is 3. The minimum Gasteiger partial charge on any atom is -0.371 e. The standard InChI is InChI=1S/C9H17N3O/c1-7-5-12(3)11-8(7)9(2,6-10)13-4/h5H,6,10H2,1-4H3. The van der Waals surface area contributed by atoms with Crippen LogP contribution in [0.4, 0.5) is 0 Å². The van der Waals surface area contributed by atoms with E-state index < -0.39 is 5.60 Å². The molecule has 1 unspecified atom stereocenters. The van der Waals surface area contributed by atoms with Crippen LogP contribution in [0.15, 0.2) is 6.20 Å². The lowest BCUT2D eigenvalue weighted by atomic mass is 9.99. The molecular weight excluding hydrogens is 166 g/mol. The summed E-state index contributed by atoms with van der Waals surface area (Å²) in [5, 5.41) is 4.34. The zero-order valence-electron chi connectivity index (χ0n) is 8.66. The molecule has 0 fully saturated rings. The van der Waals surface area contributed by atoms with Crippen molar-refractivity contribution in [2.75, 3.05) is 13.7 Å². The van der Waals surface area contributed by atoms with Gasteiger partial charge in [-0.3, -0.25) is 4.68 Å². The van der Waals surface area contributed by atoms with Gasteiger partial charge in [-0.15, -0.1) is 0 Å². The molecule has 0 bridgehead atoms. The van der Waals surface area contributed by atoms with Crippen LogP contribution in [0.5, 0.6) is 0 Å². The number of hydrogen-bond donors (Lipinski definition) is 1. The average molecular weight is 183 g/mol. The van der Waals surface area contributed by atoms with E-state index in [4.69, 9.17) is 10.5 Å². The number of methoxy groups -OCH3 is 1. The smallest absolute Gasteiger partial charge is 0.121 e. The lowest BCUT2D eigenvalue weighted by Crippen LogP contribution is -2.34. The van der Waals surface area contributed by atoms with Gasteiger partial charge in [0.15, 0.2) is 0 Å². The van der Waals surface area contributed by atoms with Gasteiger partial charge < -0.3 is 10.5 Å². The van der Waals surface area contributed by atoms with Gasteiger partial charge in [-0.2, -0.15) is 5.10 Å². The third kappa shape index (κ3) is 1.73. The summed E-state index contributed by atoms with van der Waals surface area (Å²) in [6.45, 7) is 4.39. The molecule has 0 radical (unpaired) electrons. The maximum Gasteiger partial charge on any atom is 0.121 e. The van der Waals surface area contributed by atoms with E-state index in [0.29, 0.717) is 6.54 Å². The molecule has 0 aliphatic rings. The fourth-order valence-electron chi connectivity index (χ4n) is 1.41. The van der Waals surface area contributed by atoms with Crippen LogP contribution in [0.25, 0.3) is 0 Å². The Balaban J connectivity index is 3.11. The van der Waals surface area contributed by atoms with Gasteiger partial charge in [0.1, 0.15) is 5.60 Å². The summed E-state index contributed by atoms with van der Waals surface area (Å²) in [6, 6.07) is 0. The number of aromatic nitrogens is 2. The van der Waals surface area contributed by atoms with Gasteiger partial charge in [-0.25, -0.2) is 0 Å². The van der Waals surface area contributed by atoms with Crippen molar-refractivity contribution >= 4 is 0 Å². The number of nitrogens with zero attached hydrogens (tertiary/aromatic N) is 2. The van der Waals surface area contributed by atoms with E-state index in [1.54, 1.807) is 11.8 Å². The van der Waals surface area contributed by atoms with Crippen molar-refractivity contribution < 1.29 is 4.74 Å². The van der Waals surface area contributed by atoms with Crippen molar-refractivity contribution in [3.8, 4) is 0 Å². The first-order valence-electron chi connectivity index (χ1n) is 4.29. The molecule has 0 spiro atoms. The summed E-state index contributed by atoms with van der Waals surface area (Å²) >= 11 is 0. The van der Waals surface area contributed by atoms with Gasteiger partial charge in [0.05, 0.1) is 5.69 Å². The molecule has 13 heavy (non-hydrogen) atoms. The third-order valence-corrected chi connectivity index (χ3v) is 2.35. The molecule has 1 heterocycles. The molecule has 0 aliphatic carbocycles. The summed E-state index contributed by atoms with van der Waals surface area (Å²) in [4.78, 5) is 0. The number of rotatable bonds is 3. The molecule has 1 atom stereocenters. The Morgan fingerprint density at radius 1 is 1.69 bits per heavy atom. The molecule has 1 rings (SSSR count). The molecule has 74 valence electrons. The van der Waals surface area contributed by atoms with E-state index in [-0.39, 0.29) is 0 Å². The van der Waals surface area contributed by atoms with Crippen molar-refractivity contribution in [1.82, 2.24) is 9.78 Å². The molecule has 2 N–H and O–H groups in total. The second-order valence-corrected chi connectivity index (χ2v) is 3.47. The monoisotopic (exact) mass is 183 g/mol. The first-order chi connectivity index (χ1) is 6.03. The Morgan fingerprint density at radius 3 is 2.62 bits per heavy atom. The Morgan fingerprint density at radius 2 is 2.31 bits per heavy atom. The van der Waals surface area contributed by atoms with Gasteiger partial charge in [-0.1, -0.05) is 0 Å². The highest BCUT2D eigenvalue weighted by atomic mass is 16.5. The van der Waals surface area contributed by atoms with E-state index in [0.717, 1.165) is 11.3 Å². The zero-order chi connectivity index (χ0) is 10.1. The Kier molecular flexibility index (Phi) is 2.73.